The average Bonchev–Trinajstić information content (AvgIpc) is 3.22. The summed E-state index contributed by atoms with van der Waals surface area (Å²) in [4.78, 5) is 13.1. The molecule has 0 bridgehead atoms. The van der Waals surface area contributed by atoms with Crippen LogP contribution >= 0.6 is 11.3 Å². The largest absolute Gasteiger partial charge is 0.508 e. The molecule has 0 aliphatic heterocycles. The van der Waals surface area contributed by atoms with Crippen molar-refractivity contribution in [2.24, 2.45) is 5.10 Å². The lowest BCUT2D eigenvalue weighted by Crippen LogP contribution is -2.19. The first-order valence-corrected chi connectivity index (χ1v) is 7.75. The van der Waals surface area contributed by atoms with Gasteiger partial charge in [-0.1, -0.05) is 18.2 Å². The number of phenolic OH excluding ortho intramolecular Hbond substituents is 1. The van der Waals surface area contributed by atoms with Crippen molar-refractivity contribution >= 4 is 23.0 Å². The maximum atomic E-state index is 12.1. The summed E-state index contributed by atoms with van der Waals surface area (Å²) < 4.78 is 0. The summed E-state index contributed by atoms with van der Waals surface area (Å²) in [5.41, 5.74) is 4.83. The number of hydrogen-bond acceptors (Lipinski definition) is 5. The molecule has 0 radical (unpaired) electrons. The first-order valence-electron chi connectivity index (χ1n) is 6.87. The molecule has 2 heterocycles. The number of carbonyl (C=O) groups is 1. The van der Waals surface area contributed by atoms with Crippen LogP contribution < -0.4 is 5.43 Å². The summed E-state index contributed by atoms with van der Waals surface area (Å²) in [6, 6.07) is 12.2. The Morgan fingerprint density at radius 3 is 2.91 bits per heavy atom. The van der Waals surface area contributed by atoms with E-state index in [2.05, 4.69) is 20.7 Å². The number of amides is 1. The number of nitrogens with zero attached hydrogens (tertiary/aromatic N) is 2. The smallest absolute Gasteiger partial charge is 0.291 e. The molecular formula is C16H14N4O2S. The molecule has 116 valence electrons. The fourth-order valence-corrected chi connectivity index (χ4v) is 2.68. The first-order chi connectivity index (χ1) is 11.1. The molecular weight excluding hydrogens is 312 g/mol. The Morgan fingerprint density at radius 2 is 2.17 bits per heavy atom. The number of aromatic nitrogens is 2. The van der Waals surface area contributed by atoms with Crippen LogP contribution in [0.3, 0.4) is 0 Å². The number of hydrazone groups is 1. The molecule has 6 nitrogen and oxygen atoms in total. The number of hydrogen-bond donors (Lipinski definition) is 3. The van der Waals surface area contributed by atoms with Crippen molar-refractivity contribution in [1.29, 1.82) is 0 Å². The van der Waals surface area contributed by atoms with Crippen molar-refractivity contribution in [1.82, 2.24) is 15.6 Å². The number of H-pyrrole nitrogens is 1. The second-order valence-corrected chi connectivity index (χ2v) is 5.78. The molecule has 3 N–H and O–H groups in total. The molecule has 0 saturated heterocycles. The lowest BCUT2D eigenvalue weighted by molar-refractivity contribution is 0.0950. The molecule has 2 aromatic heterocycles. The molecule has 0 spiro atoms. The highest BCUT2D eigenvalue weighted by Gasteiger charge is 2.11. The zero-order valence-corrected chi connectivity index (χ0v) is 13.1. The van der Waals surface area contributed by atoms with E-state index in [-0.39, 0.29) is 11.4 Å². The van der Waals surface area contributed by atoms with Gasteiger partial charge in [-0.15, -0.1) is 11.3 Å². The molecule has 0 fully saturated rings. The zero-order valence-electron chi connectivity index (χ0n) is 12.3. The van der Waals surface area contributed by atoms with Gasteiger partial charge in [-0.25, -0.2) is 5.43 Å². The number of phenols is 1. The van der Waals surface area contributed by atoms with Crippen molar-refractivity contribution in [2.45, 2.75) is 6.92 Å². The van der Waals surface area contributed by atoms with Gasteiger partial charge in [0.2, 0.25) is 0 Å². The number of carbonyl (C=O) groups excluding carboxylic acids is 1. The van der Waals surface area contributed by atoms with Crippen molar-refractivity contribution in [2.75, 3.05) is 0 Å². The second-order valence-electron chi connectivity index (χ2n) is 4.83. The van der Waals surface area contributed by atoms with E-state index in [0.717, 1.165) is 16.1 Å². The third-order valence-electron chi connectivity index (χ3n) is 3.19. The number of rotatable bonds is 4. The summed E-state index contributed by atoms with van der Waals surface area (Å²) in [7, 11) is 0. The van der Waals surface area contributed by atoms with E-state index in [1.54, 1.807) is 48.6 Å². The summed E-state index contributed by atoms with van der Waals surface area (Å²) in [5.74, 6) is -0.250. The number of benzene rings is 1. The van der Waals surface area contributed by atoms with Crippen LogP contribution in [0.1, 0.15) is 23.0 Å². The lowest BCUT2D eigenvalue weighted by Gasteiger charge is -2.02. The van der Waals surface area contributed by atoms with Crippen LogP contribution in [0.15, 0.2) is 52.9 Å². The van der Waals surface area contributed by atoms with Crippen LogP contribution in [-0.2, 0) is 0 Å². The van der Waals surface area contributed by atoms with Crippen LogP contribution in [0.25, 0.3) is 10.6 Å². The van der Waals surface area contributed by atoms with Gasteiger partial charge >= 0.3 is 0 Å². The summed E-state index contributed by atoms with van der Waals surface area (Å²) in [5, 5.41) is 22.3. The van der Waals surface area contributed by atoms with Crippen molar-refractivity contribution in [3.8, 4) is 16.3 Å². The molecule has 7 heteroatoms. The molecule has 0 aliphatic carbocycles. The molecule has 3 aromatic rings. The molecule has 3 rings (SSSR count). The molecule has 0 atom stereocenters. The molecule has 1 aromatic carbocycles. The van der Waals surface area contributed by atoms with Gasteiger partial charge in [-0.3, -0.25) is 9.89 Å². The standard InChI is InChI=1S/C16H14N4O2S/c1-10(11-4-2-5-12(21)8-11)17-20-16(22)14-9-13(18-19-14)15-6-3-7-23-15/h2-9,21H,1H3,(H,18,19)(H,20,22)/b17-10-. The van der Waals surface area contributed by atoms with Gasteiger partial charge in [0.1, 0.15) is 5.75 Å². The monoisotopic (exact) mass is 326 g/mol. The van der Waals surface area contributed by atoms with Gasteiger partial charge < -0.3 is 5.11 Å². The molecule has 0 unspecified atom stereocenters. The Labute approximate surface area is 136 Å². The van der Waals surface area contributed by atoms with Crippen LogP contribution in [0, 0.1) is 0 Å². The maximum Gasteiger partial charge on any atom is 0.291 e. The van der Waals surface area contributed by atoms with E-state index in [1.807, 2.05) is 17.5 Å². The molecule has 23 heavy (non-hydrogen) atoms. The Kier molecular flexibility index (Phi) is 4.20. The van der Waals surface area contributed by atoms with Crippen LogP contribution in [-0.4, -0.2) is 26.9 Å². The van der Waals surface area contributed by atoms with E-state index in [4.69, 9.17) is 0 Å². The number of nitrogens with one attached hydrogen (secondary N) is 2. The van der Waals surface area contributed by atoms with Crippen LogP contribution in [0.4, 0.5) is 0 Å². The van der Waals surface area contributed by atoms with Gasteiger partial charge in [-0.2, -0.15) is 10.2 Å². The normalized spacial score (nSPS) is 11.4. The van der Waals surface area contributed by atoms with Gasteiger partial charge in [0.15, 0.2) is 5.69 Å². The number of thiophene rings is 1. The van der Waals surface area contributed by atoms with Crippen molar-refractivity contribution < 1.29 is 9.90 Å². The molecule has 0 saturated carbocycles. The first kappa shape index (κ1) is 15.0. The van der Waals surface area contributed by atoms with Crippen LogP contribution in [0.5, 0.6) is 5.75 Å². The summed E-state index contributed by atoms with van der Waals surface area (Å²) in [6.07, 6.45) is 0. The Balaban J connectivity index is 1.71. The fourth-order valence-electron chi connectivity index (χ4n) is 1.98. The fraction of sp³-hybridized carbons (Fsp3) is 0.0625. The van der Waals surface area contributed by atoms with E-state index in [1.165, 1.54) is 0 Å². The highest BCUT2D eigenvalue weighted by atomic mass is 32.1. The quantitative estimate of drug-likeness (QED) is 0.508. The van der Waals surface area contributed by atoms with Crippen molar-refractivity contribution in [3.05, 3.63) is 59.1 Å². The summed E-state index contributed by atoms with van der Waals surface area (Å²) in [6.45, 7) is 1.75. The summed E-state index contributed by atoms with van der Waals surface area (Å²) >= 11 is 1.56. The predicted octanol–water partition coefficient (Wildman–Crippen LogP) is 3.00. The maximum absolute atomic E-state index is 12.1. The van der Waals surface area contributed by atoms with E-state index < -0.39 is 5.91 Å². The Bertz CT molecular complexity index is 853. The lowest BCUT2D eigenvalue weighted by atomic mass is 10.1. The van der Waals surface area contributed by atoms with Crippen molar-refractivity contribution in [3.63, 3.8) is 0 Å². The molecule has 1 amide bonds. The minimum Gasteiger partial charge on any atom is -0.508 e. The topological polar surface area (TPSA) is 90.4 Å². The van der Waals surface area contributed by atoms with E-state index >= 15 is 0 Å². The predicted molar refractivity (Wildman–Crippen MR) is 89.7 cm³/mol. The minimum atomic E-state index is -0.399. The highest BCUT2D eigenvalue weighted by molar-refractivity contribution is 7.13. The number of aromatic amines is 1. The SMILES string of the molecule is C/C(=N/NC(=O)c1cc(-c2cccs2)[nH]n1)c1cccc(O)c1. The second kappa shape index (κ2) is 6.45. The van der Waals surface area contributed by atoms with Gasteiger partial charge in [-0.05, 0) is 36.6 Å². The van der Waals surface area contributed by atoms with Gasteiger partial charge in [0, 0.05) is 5.56 Å². The third kappa shape index (κ3) is 3.46. The van der Waals surface area contributed by atoms with Crippen LogP contribution in [0.2, 0.25) is 0 Å². The third-order valence-corrected chi connectivity index (χ3v) is 4.09. The van der Waals surface area contributed by atoms with Gasteiger partial charge in [0.25, 0.3) is 5.91 Å². The number of aromatic hydroxyl groups is 1. The van der Waals surface area contributed by atoms with Gasteiger partial charge in [0.05, 0.1) is 16.3 Å². The van der Waals surface area contributed by atoms with E-state index in [0.29, 0.717) is 5.71 Å². The zero-order chi connectivity index (χ0) is 16.2. The van der Waals surface area contributed by atoms with E-state index in [9.17, 15) is 9.90 Å². The Morgan fingerprint density at radius 1 is 1.30 bits per heavy atom. The molecule has 0 aliphatic rings. The highest BCUT2D eigenvalue weighted by Crippen LogP contribution is 2.22. The minimum absolute atomic E-state index is 0.149. The average molecular weight is 326 g/mol. The Hall–Kier alpha value is -2.93.